The van der Waals surface area contributed by atoms with Crippen molar-refractivity contribution in [2.45, 2.75) is 39.7 Å². The van der Waals surface area contributed by atoms with E-state index in [1.807, 2.05) is 0 Å². The third kappa shape index (κ3) is 2.84. The first-order valence-electron chi connectivity index (χ1n) is 7.12. The maximum Gasteiger partial charge on any atom is 0.336 e. The number of nitro benzene ring substituents is 1. The second kappa shape index (κ2) is 5.71. The lowest BCUT2D eigenvalue weighted by Gasteiger charge is -2.40. The molecule has 1 aliphatic rings. The molecular weight excluding hydrogens is 272 g/mol. The van der Waals surface area contributed by atoms with E-state index in [4.69, 9.17) is 0 Å². The summed E-state index contributed by atoms with van der Waals surface area (Å²) in [6.07, 6.45) is 2.13. The van der Waals surface area contributed by atoms with Crippen LogP contribution in [0.25, 0.3) is 0 Å². The highest BCUT2D eigenvalue weighted by Crippen LogP contribution is 2.35. The topological polar surface area (TPSA) is 83.7 Å². The maximum atomic E-state index is 11.2. The molecule has 0 saturated carbocycles. The first-order chi connectivity index (χ1) is 9.82. The highest BCUT2D eigenvalue weighted by molar-refractivity contribution is 5.90. The van der Waals surface area contributed by atoms with Gasteiger partial charge in [0.25, 0.3) is 5.69 Å². The normalized spacial score (nSPS) is 22.1. The fraction of sp³-hybridized carbons (Fsp3) is 0.533. The number of anilines is 1. The fourth-order valence-electron chi connectivity index (χ4n) is 2.97. The number of piperidine rings is 1. The number of hydrogen-bond acceptors (Lipinski definition) is 4. The number of rotatable bonds is 3. The minimum absolute atomic E-state index is 0.0345. The zero-order chi connectivity index (χ0) is 15.7. The lowest BCUT2D eigenvalue weighted by Crippen LogP contribution is -2.43. The van der Waals surface area contributed by atoms with Gasteiger partial charge in [-0.1, -0.05) is 6.92 Å². The molecule has 0 bridgehead atoms. The van der Waals surface area contributed by atoms with Crippen LogP contribution in [0.5, 0.6) is 0 Å². The van der Waals surface area contributed by atoms with Crippen molar-refractivity contribution in [2.75, 3.05) is 11.4 Å². The minimum atomic E-state index is -1.14. The molecule has 0 amide bonds. The highest BCUT2D eigenvalue weighted by Gasteiger charge is 2.29. The van der Waals surface area contributed by atoms with Gasteiger partial charge in [0.1, 0.15) is 0 Å². The van der Waals surface area contributed by atoms with E-state index in [2.05, 4.69) is 18.7 Å². The Morgan fingerprint density at radius 1 is 1.43 bits per heavy atom. The van der Waals surface area contributed by atoms with Gasteiger partial charge in [0.05, 0.1) is 16.1 Å². The molecule has 6 heteroatoms. The largest absolute Gasteiger partial charge is 0.478 e. The average molecular weight is 292 g/mol. The average Bonchev–Trinajstić information content (AvgIpc) is 2.42. The monoisotopic (exact) mass is 292 g/mol. The van der Waals surface area contributed by atoms with Crippen molar-refractivity contribution in [1.29, 1.82) is 0 Å². The van der Waals surface area contributed by atoms with Crippen LogP contribution in [0.4, 0.5) is 11.4 Å². The quantitative estimate of drug-likeness (QED) is 0.683. The van der Waals surface area contributed by atoms with E-state index < -0.39 is 10.9 Å². The van der Waals surface area contributed by atoms with Crippen LogP contribution in [0.1, 0.15) is 42.6 Å². The van der Waals surface area contributed by atoms with Crippen LogP contribution in [-0.2, 0) is 0 Å². The fourth-order valence-corrected chi connectivity index (χ4v) is 2.97. The van der Waals surface area contributed by atoms with Crippen molar-refractivity contribution in [3.05, 3.63) is 33.4 Å². The predicted molar refractivity (Wildman–Crippen MR) is 80.0 cm³/mol. The first kappa shape index (κ1) is 15.3. The number of carbonyl (C=O) groups is 1. The molecule has 1 fully saturated rings. The molecule has 1 heterocycles. The molecule has 2 rings (SSSR count). The van der Waals surface area contributed by atoms with Crippen LogP contribution in [-0.4, -0.2) is 28.6 Å². The molecular formula is C15H20N2O4. The summed E-state index contributed by atoms with van der Waals surface area (Å²) in [5.74, 6) is -0.664. The van der Waals surface area contributed by atoms with E-state index in [9.17, 15) is 20.0 Å². The van der Waals surface area contributed by atoms with Crippen molar-refractivity contribution in [3.8, 4) is 0 Å². The van der Waals surface area contributed by atoms with Crippen LogP contribution in [0, 0.1) is 23.0 Å². The smallest absolute Gasteiger partial charge is 0.336 e. The number of benzene rings is 1. The number of hydrogen-bond donors (Lipinski definition) is 1. The van der Waals surface area contributed by atoms with Gasteiger partial charge >= 0.3 is 5.97 Å². The van der Waals surface area contributed by atoms with Crippen LogP contribution in [0.15, 0.2) is 12.1 Å². The Labute approximate surface area is 123 Å². The van der Waals surface area contributed by atoms with E-state index in [-0.39, 0.29) is 17.3 Å². The summed E-state index contributed by atoms with van der Waals surface area (Å²) in [6, 6.07) is 2.93. The number of nitro groups is 1. The van der Waals surface area contributed by atoms with Crippen LogP contribution in [0.2, 0.25) is 0 Å². The van der Waals surface area contributed by atoms with Gasteiger partial charge in [-0.2, -0.15) is 0 Å². The number of carboxylic acid groups (broad SMARTS) is 1. The van der Waals surface area contributed by atoms with E-state index >= 15 is 0 Å². The van der Waals surface area contributed by atoms with Gasteiger partial charge in [-0.25, -0.2) is 4.79 Å². The molecule has 6 nitrogen and oxygen atoms in total. The van der Waals surface area contributed by atoms with Crippen molar-refractivity contribution in [3.63, 3.8) is 0 Å². The highest BCUT2D eigenvalue weighted by atomic mass is 16.6. The Morgan fingerprint density at radius 2 is 2.10 bits per heavy atom. The maximum absolute atomic E-state index is 11.2. The van der Waals surface area contributed by atoms with Crippen LogP contribution >= 0.6 is 0 Å². The van der Waals surface area contributed by atoms with E-state index in [1.54, 1.807) is 13.0 Å². The first-order valence-corrected chi connectivity index (χ1v) is 7.12. The zero-order valence-electron chi connectivity index (χ0n) is 12.5. The Hall–Kier alpha value is -2.11. The summed E-state index contributed by atoms with van der Waals surface area (Å²) in [7, 11) is 0. The molecule has 21 heavy (non-hydrogen) atoms. The van der Waals surface area contributed by atoms with Gasteiger partial charge in [0.15, 0.2) is 0 Å². The Morgan fingerprint density at radius 3 is 2.67 bits per heavy atom. The number of aromatic carboxylic acids is 1. The predicted octanol–water partition coefficient (Wildman–Crippen LogP) is 3.23. The Bertz CT molecular complexity index is 585. The second-order valence-corrected chi connectivity index (χ2v) is 5.76. The summed E-state index contributed by atoms with van der Waals surface area (Å²) in [4.78, 5) is 24.0. The standard InChI is InChI=1S/C15H20N2O4/c1-9-5-4-6-16(11(9)3)13-7-12(15(18)19)8-14(10(13)2)17(20)21/h7-9,11H,4-6H2,1-3H3,(H,18,19). The lowest BCUT2D eigenvalue weighted by atomic mass is 9.90. The summed E-state index contributed by atoms with van der Waals surface area (Å²) < 4.78 is 0. The van der Waals surface area contributed by atoms with Crippen molar-refractivity contribution < 1.29 is 14.8 Å². The van der Waals surface area contributed by atoms with E-state index in [0.29, 0.717) is 17.2 Å². The van der Waals surface area contributed by atoms with Gasteiger partial charge in [-0.15, -0.1) is 0 Å². The van der Waals surface area contributed by atoms with Crippen molar-refractivity contribution in [2.24, 2.45) is 5.92 Å². The molecule has 114 valence electrons. The van der Waals surface area contributed by atoms with Gasteiger partial charge < -0.3 is 10.0 Å². The summed E-state index contributed by atoms with van der Waals surface area (Å²) in [6.45, 7) is 6.72. The van der Waals surface area contributed by atoms with Crippen LogP contribution in [0.3, 0.4) is 0 Å². The summed E-state index contributed by atoms with van der Waals surface area (Å²) >= 11 is 0. The molecule has 1 aromatic carbocycles. The van der Waals surface area contributed by atoms with Crippen LogP contribution < -0.4 is 4.90 Å². The molecule has 1 aromatic rings. The Kier molecular flexibility index (Phi) is 4.16. The SMILES string of the molecule is Cc1c(N2CCCC(C)C2C)cc(C(=O)O)cc1[N+](=O)[O-]. The molecule has 1 saturated heterocycles. The van der Waals surface area contributed by atoms with Crippen molar-refractivity contribution in [1.82, 2.24) is 0 Å². The molecule has 0 aromatic heterocycles. The summed E-state index contributed by atoms with van der Waals surface area (Å²) in [5.41, 5.74) is 1.04. The van der Waals surface area contributed by atoms with E-state index in [0.717, 1.165) is 25.5 Å². The molecule has 0 spiro atoms. The second-order valence-electron chi connectivity index (χ2n) is 5.76. The van der Waals surface area contributed by atoms with E-state index in [1.165, 1.54) is 0 Å². The lowest BCUT2D eigenvalue weighted by molar-refractivity contribution is -0.385. The third-order valence-electron chi connectivity index (χ3n) is 4.48. The molecule has 1 N–H and O–H groups in total. The molecule has 2 unspecified atom stereocenters. The zero-order valence-corrected chi connectivity index (χ0v) is 12.5. The third-order valence-corrected chi connectivity index (χ3v) is 4.48. The van der Waals surface area contributed by atoms with Gasteiger partial charge in [0, 0.05) is 24.3 Å². The van der Waals surface area contributed by atoms with Crippen molar-refractivity contribution >= 4 is 17.3 Å². The molecule has 1 aliphatic heterocycles. The molecule has 0 radical (unpaired) electrons. The van der Waals surface area contributed by atoms with Gasteiger partial charge in [0.2, 0.25) is 0 Å². The number of carboxylic acids is 1. The van der Waals surface area contributed by atoms with Gasteiger partial charge in [-0.3, -0.25) is 10.1 Å². The molecule has 0 aliphatic carbocycles. The molecule has 2 atom stereocenters. The minimum Gasteiger partial charge on any atom is -0.478 e. The number of nitrogens with zero attached hydrogens (tertiary/aromatic N) is 2. The summed E-state index contributed by atoms with van der Waals surface area (Å²) in [5, 5.41) is 20.4. The van der Waals surface area contributed by atoms with Gasteiger partial charge in [-0.05, 0) is 38.7 Å². The Balaban J connectivity index is 2.56.